The van der Waals surface area contributed by atoms with Gasteiger partial charge in [0.15, 0.2) is 5.16 Å². The van der Waals surface area contributed by atoms with Crippen molar-refractivity contribution in [3.05, 3.63) is 53.3 Å². The highest BCUT2D eigenvalue weighted by atomic mass is 32.2. The molecule has 0 saturated heterocycles. The smallest absolute Gasteiger partial charge is 0.261 e. The molecule has 5 aromatic heterocycles. The van der Waals surface area contributed by atoms with Crippen molar-refractivity contribution in [3.8, 4) is 11.3 Å². The number of pyridine rings is 1. The molecule has 0 saturated carbocycles. The molecule has 0 aromatic carbocycles. The minimum atomic E-state index is -0.447. The van der Waals surface area contributed by atoms with Crippen LogP contribution in [0.5, 0.6) is 0 Å². The molecule has 5 rings (SSSR count). The number of carbonyl (C=O) groups is 1. The Kier molecular flexibility index (Phi) is 3.28. The maximum atomic E-state index is 12.9. The summed E-state index contributed by atoms with van der Waals surface area (Å²) < 4.78 is 4.38. The summed E-state index contributed by atoms with van der Waals surface area (Å²) in [6, 6.07) is 7.43. The SMILES string of the molecule is CSc1nccc(-c2c3cccn4c(=O)n(C(C)=O)c5nccc2[n+]5c34)n1. The Balaban J connectivity index is 2.07. The molecule has 9 heteroatoms. The number of carbonyl (C=O) groups excluding carboxylic acids is 1. The highest BCUT2D eigenvalue weighted by Crippen LogP contribution is 2.31. The predicted octanol–water partition coefficient (Wildman–Crippen LogP) is 1.66. The fourth-order valence-electron chi connectivity index (χ4n) is 3.51. The van der Waals surface area contributed by atoms with Crippen LogP contribution in [-0.4, -0.2) is 36.1 Å². The van der Waals surface area contributed by atoms with Crippen LogP contribution in [0, 0.1) is 0 Å². The number of thioether (sulfide) groups is 1. The molecule has 0 amide bonds. The van der Waals surface area contributed by atoms with E-state index in [1.165, 1.54) is 23.1 Å². The molecule has 0 bridgehead atoms. The monoisotopic (exact) mass is 377 g/mol. The lowest BCUT2D eigenvalue weighted by Gasteiger charge is -2.03. The lowest BCUT2D eigenvalue weighted by molar-refractivity contribution is -0.460. The molecule has 0 atom stereocenters. The Hall–Kier alpha value is -3.33. The van der Waals surface area contributed by atoms with E-state index < -0.39 is 11.6 Å². The number of aromatic nitrogens is 6. The van der Waals surface area contributed by atoms with Gasteiger partial charge in [-0.1, -0.05) is 11.8 Å². The van der Waals surface area contributed by atoms with E-state index in [1.807, 2.05) is 28.9 Å². The lowest BCUT2D eigenvalue weighted by Crippen LogP contribution is -2.41. The second-order valence-electron chi connectivity index (χ2n) is 6.02. The molecule has 0 N–H and O–H groups in total. The average Bonchev–Trinajstić information content (AvgIpc) is 3.02. The van der Waals surface area contributed by atoms with Crippen LogP contribution in [0.15, 0.2) is 52.8 Å². The van der Waals surface area contributed by atoms with Gasteiger partial charge in [0, 0.05) is 24.8 Å². The molecule has 0 unspecified atom stereocenters. The summed E-state index contributed by atoms with van der Waals surface area (Å²) in [5.41, 5.74) is 2.66. The summed E-state index contributed by atoms with van der Waals surface area (Å²) in [4.78, 5) is 38.3. The average molecular weight is 377 g/mol. The first-order chi connectivity index (χ1) is 13.1. The molecule has 132 valence electrons. The van der Waals surface area contributed by atoms with Gasteiger partial charge in [-0.15, -0.1) is 9.55 Å². The number of hydrogen-bond donors (Lipinski definition) is 0. The van der Waals surface area contributed by atoms with Gasteiger partial charge in [-0.05, 0) is 24.5 Å². The van der Waals surface area contributed by atoms with Crippen molar-refractivity contribution in [2.24, 2.45) is 0 Å². The van der Waals surface area contributed by atoms with Crippen LogP contribution < -0.4 is 10.1 Å². The predicted molar refractivity (Wildman–Crippen MR) is 100 cm³/mol. The quantitative estimate of drug-likeness (QED) is 0.201. The number of hydrogen-bond acceptors (Lipinski definition) is 6. The lowest BCUT2D eigenvalue weighted by atomic mass is 10.1. The summed E-state index contributed by atoms with van der Waals surface area (Å²) in [6.45, 7) is 1.35. The minimum absolute atomic E-state index is 0.284. The van der Waals surface area contributed by atoms with E-state index in [-0.39, 0.29) is 5.78 Å². The molecule has 0 aliphatic heterocycles. The molecule has 5 aromatic rings. The summed E-state index contributed by atoms with van der Waals surface area (Å²) >= 11 is 1.46. The summed E-state index contributed by atoms with van der Waals surface area (Å²) in [7, 11) is 0. The first-order valence-corrected chi connectivity index (χ1v) is 9.40. The topological polar surface area (TPSA) is 86.2 Å². The van der Waals surface area contributed by atoms with Crippen molar-refractivity contribution in [2.45, 2.75) is 12.1 Å². The standard InChI is InChI=1S/C18H13N6O2S/c1-10(25)23-17-20-8-6-13-14(12-5-7-19-16(21-12)27-2)11-4-3-9-22(18(23)26)15(11)24(13)17/h3-9H,1-2H3/q+1. The molecular weight excluding hydrogens is 364 g/mol. The van der Waals surface area contributed by atoms with Gasteiger partial charge in [0.05, 0.1) is 23.5 Å². The van der Waals surface area contributed by atoms with Gasteiger partial charge < -0.3 is 0 Å². The zero-order valence-electron chi connectivity index (χ0n) is 14.4. The van der Waals surface area contributed by atoms with Gasteiger partial charge in [0.2, 0.25) is 5.65 Å². The van der Waals surface area contributed by atoms with Crippen LogP contribution in [0.1, 0.15) is 11.7 Å². The fraction of sp³-hybridized carbons (Fsp3) is 0.111. The summed E-state index contributed by atoms with van der Waals surface area (Å²) in [6.07, 6.45) is 6.89. The maximum Gasteiger partial charge on any atom is 0.430 e. The molecule has 0 aliphatic carbocycles. The Morgan fingerprint density at radius 2 is 2.00 bits per heavy atom. The number of nitrogens with zero attached hydrogens (tertiary/aromatic N) is 6. The second kappa shape index (κ2) is 5.58. The van der Waals surface area contributed by atoms with E-state index in [0.717, 1.165) is 26.7 Å². The van der Waals surface area contributed by atoms with Crippen LogP contribution in [0.3, 0.4) is 0 Å². The normalized spacial score (nSPS) is 11.8. The third-order valence-corrected chi connectivity index (χ3v) is 5.11. The van der Waals surface area contributed by atoms with Crippen molar-refractivity contribution in [1.82, 2.24) is 23.9 Å². The highest BCUT2D eigenvalue weighted by Gasteiger charge is 2.28. The van der Waals surface area contributed by atoms with Crippen LogP contribution >= 0.6 is 11.8 Å². The van der Waals surface area contributed by atoms with Crippen molar-refractivity contribution in [2.75, 3.05) is 6.26 Å². The molecule has 8 nitrogen and oxygen atoms in total. The first-order valence-electron chi connectivity index (χ1n) is 8.18. The van der Waals surface area contributed by atoms with Crippen LogP contribution in [0.4, 0.5) is 0 Å². The summed E-state index contributed by atoms with van der Waals surface area (Å²) in [5.74, 6) is -0.108. The van der Waals surface area contributed by atoms with E-state index in [2.05, 4.69) is 15.0 Å². The van der Waals surface area contributed by atoms with Gasteiger partial charge >= 0.3 is 11.5 Å². The molecule has 27 heavy (non-hydrogen) atoms. The molecular formula is C18H13N6O2S+. The minimum Gasteiger partial charge on any atom is -0.261 e. The first kappa shape index (κ1) is 15.9. The highest BCUT2D eigenvalue weighted by molar-refractivity contribution is 7.98. The van der Waals surface area contributed by atoms with Crippen molar-refractivity contribution in [3.63, 3.8) is 0 Å². The Labute approximate surface area is 156 Å². The second-order valence-corrected chi connectivity index (χ2v) is 6.79. The third kappa shape index (κ3) is 2.05. The van der Waals surface area contributed by atoms with Gasteiger partial charge in [-0.2, -0.15) is 8.80 Å². The fourth-order valence-corrected chi connectivity index (χ4v) is 3.86. The summed E-state index contributed by atoms with van der Waals surface area (Å²) in [5, 5.41) is 1.52. The molecule has 0 spiro atoms. The molecule has 0 fully saturated rings. The van der Waals surface area contributed by atoms with E-state index in [4.69, 9.17) is 0 Å². The van der Waals surface area contributed by atoms with E-state index in [0.29, 0.717) is 10.8 Å². The Morgan fingerprint density at radius 3 is 2.78 bits per heavy atom. The number of rotatable bonds is 2. The van der Waals surface area contributed by atoms with Crippen LogP contribution in [-0.2, 0) is 0 Å². The third-order valence-electron chi connectivity index (χ3n) is 4.55. The van der Waals surface area contributed by atoms with Crippen LogP contribution in [0.25, 0.3) is 33.6 Å². The zero-order chi connectivity index (χ0) is 18.7. The Morgan fingerprint density at radius 1 is 1.19 bits per heavy atom. The largest absolute Gasteiger partial charge is 0.430 e. The Bertz CT molecular complexity index is 1420. The molecule has 5 heterocycles. The van der Waals surface area contributed by atoms with Crippen molar-refractivity contribution in [1.29, 1.82) is 0 Å². The van der Waals surface area contributed by atoms with Gasteiger partial charge in [-0.3, -0.25) is 4.79 Å². The maximum absolute atomic E-state index is 12.9. The van der Waals surface area contributed by atoms with Gasteiger partial charge in [-0.25, -0.2) is 14.8 Å². The van der Waals surface area contributed by atoms with E-state index in [1.54, 1.807) is 24.7 Å². The molecule has 0 radical (unpaired) electrons. The van der Waals surface area contributed by atoms with Gasteiger partial charge in [0.1, 0.15) is 5.52 Å². The zero-order valence-corrected chi connectivity index (χ0v) is 15.3. The van der Waals surface area contributed by atoms with E-state index in [9.17, 15) is 9.59 Å². The van der Waals surface area contributed by atoms with Crippen molar-refractivity contribution < 1.29 is 9.20 Å². The van der Waals surface area contributed by atoms with Crippen molar-refractivity contribution >= 4 is 40.0 Å². The van der Waals surface area contributed by atoms with Gasteiger partial charge in [0.25, 0.3) is 5.91 Å². The van der Waals surface area contributed by atoms with E-state index >= 15 is 0 Å². The van der Waals surface area contributed by atoms with Crippen LogP contribution in [0.2, 0.25) is 0 Å². The molecule has 0 aliphatic rings.